The van der Waals surface area contributed by atoms with E-state index < -0.39 is 5.97 Å². The second-order valence-electron chi connectivity index (χ2n) is 7.48. The third-order valence-corrected chi connectivity index (χ3v) is 3.36. The molecule has 1 rings (SSSR count). The number of carbonyl (C=O) groups is 2. The van der Waals surface area contributed by atoms with Crippen LogP contribution in [0.25, 0.3) is 0 Å². The molecule has 0 atom stereocenters. The molecule has 0 aliphatic heterocycles. The molecule has 23 heavy (non-hydrogen) atoms. The Hall–Kier alpha value is -1.75. The monoisotopic (exact) mass is 340 g/mol. The Bertz CT molecular complexity index is 592. The Morgan fingerprint density at radius 1 is 1.22 bits per heavy atom. The first-order valence-electron chi connectivity index (χ1n) is 7.43. The van der Waals surface area contributed by atoms with Gasteiger partial charge in [-0.25, -0.2) is 4.79 Å². The van der Waals surface area contributed by atoms with Gasteiger partial charge in [-0.3, -0.25) is 4.79 Å². The maximum absolute atomic E-state index is 12.0. The normalized spacial score (nSPS) is 11.9. The van der Waals surface area contributed by atoms with Gasteiger partial charge in [-0.15, -0.1) is 0 Å². The van der Waals surface area contributed by atoms with Gasteiger partial charge in [-0.2, -0.15) is 0 Å². The predicted octanol–water partition coefficient (Wildman–Crippen LogP) is 3.41. The molecule has 0 radical (unpaired) electrons. The van der Waals surface area contributed by atoms with Crippen molar-refractivity contribution in [2.24, 2.45) is 5.41 Å². The van der Waals surface area contributed by atoms with Crippen molar-refractivity contribution in [3.8, 4) is 0 Å². The van der Waals surface area contributed by atoms with E-state index in [1.807, 2.05) is 13.8 Å². The zero-order chi connectivity index (χ0) is 17.8. The SMILES string of the molecule is CC(C)(C)CC(C)(C)NC(=O)COC(=O)c1ccc(Cl)c(N)c1. The molecule has 0 heterocycles. The molecular formula is C17H25ClN2O3. The Morgan fingerprint density at radius 3 is 2.35 bits per heavy atom. The number of esters is 1. The van der Waals surface area contributed by atoms with Gasteiger partial charge in [-0.05, 0) is 43.9 Å². The lowest BCUT2D eigenvalue weighted by Crippen LogP contribution is -2.47. The highest BCUT2D eigenvalue weighted by atomic mass is 35.5. The Balaban J connectivity index is 2.55. The number of amides is 1. The van der Waals surface area contributed by atoms with Gasteiger partial charge in [-0.1, -0.05) is 32.4 Å². The zero-order valence-electron chi connectivity index (χ0n) is 14.3. The number of nitrogens with one attached hydrogen (secondary N) is 1. The van der Waals surface area contributed by atoms with Gasteiger partial charge < -0.3 is 15.8 Å². The van der Waals surface area contributed by atoms with Crippen LogP contribution in [0, 0.1) is 5.41 Å². The number of hydrogen-bond acceptors (Lipinski definition) is 4. The minimum atomic E-state index is -0.614. The van der Waals surface area contributed by atoms with E-state index in [4.69, 9.17) is 22.1 Å². The molecule has 0 aliphatic carbocycles. The second-order valence-corrected chi connectivity index (χ2v) is 7.89. The molecule has 0 spiro atoms. The minimum absolute atomic E-state index is 0.0777. The summed E-state index contributed by atoms with van der Waals surface area (Å²) in [5.74, 6) is -0.952. The van der Waals surface area contributed by atoms with Crippen molar-refractivity contribution in [2.45, 2.75) is 46.6 Å². The smallest absolute Gasteiger partial charge is 0.338 e. The molecule has 1 aromatic carbocycles. The summed E-state index contributed by atoms with van der Waals surface area (Å²) in [5.41, 5.74) is 5.88. The van der Waals surface area contributed by atoms with Crippen molar-refractivity contribution in [3.05, 3.63) is 28.8 Å². The van der Waals surface area contributed by atoms with Crippen molar-refractivity contribution in [3.63, 3.8) is 0 Å². The maximum Gasteiger partial charge on any atom is 0.338 e. The second kappa shape index (κ2) is 7.21. The summed E-state index contributed by atoms with van der Waals surface area (Å²) in [6, 6.07) is 4.44. The molecule has 0 aromatic heterocycles. The number of halogens is 1. The molecule has 0 saturated carbocycles. The van der Waals surface area contributed by atoms with Crippen molar-refractivity contribution in [1.82, 2.24) is 5.32 Å². The summed E-state index contributed by atoms with van der Waals surface area (Å²) in [7, 11) is 0. The summed E-state index contributed by atoms with van der Waals surface area (Å²) < 4.78 is 5.01. The van der Waals surface area contributed by atoms with Gasteiger partial charge >= 0.3 is 5.97 Å². The molecule has 3 N–H and O–H groups in total. The van der Waals surface area contributed by atoms with Crippen LogP contribution in [-0.4, -0.2) is 24.0 Å². The number of hydrogen-bond donors (Lipinski definition) is 2. The first kappa shape index (κ1) is 19.3. The lowest BCUT2D eigenvalue weighted by Gasteiger charge is -2.33. The van der Waals surface area contributed by atoms with E-state index in [9.17, 15) is 9.59 Å². The van der Waals surface area contributed by atoms with E-state index in [0.717, 1.165) is 6.42 Å². The number of anilines is 1. The van der Waals surface area contributed by atoms with Crippen LogP contribution < -0.4 is 11.1 Å². The van der Waals surface area contributed by atoms with Crippen LogP contribution >= 0.6 is 11.6 Å². The van der Waals surface area contributed by atoms with Crippen molar-refractivity contribution in [1.29, 1.82) is 0 Å². The van der Waals surface area contributed by atoms with Gasteiger partial charge in [0.05, 0.1) is 16.3 Å². The fourth-order valence-corrected chi connectivity index (χ4v) is 2.79. The number of carbonyl (C=O) groups excluding carboxylic acids is 2. The predicted molar refractivity (Wildman–Crippen MR) is 92.4 cm³/mol. The van der Waals surface area contributed by atoms with E-state index in [1.54, 1.807) is 0 Å². The van der Waals surface area contributed by atoms with Crippen molar-refractivity contribution < 1.29 is 14.3 Å². The van der Waals surface area contributed by atoms with Gasteiger partial charge in [0, 0.05) is 5.54 Å². The summed E-state index contributed by atoms with van der Waals surface area (Å²) >= 11 is 5.80. The van der Waals surface area contributed by atoms with Crippen molar-refractivity contribution >= 4 is 29.2 Å². The van der Waals surface area contributed by atoms with Crippen molar-refractivity contribution in [2.75, 3.05) is 12.3 Å². The molecule has 0 aliphatic rings. The highest BCUT2D eigenvalue weighted by Gasteiger charge is 2.27. The number of rotatable bonds is 5. The van der Waals surface area contributed by atoms with Crippen LogP contribution in [0.1, 0.15) is 51.4 Å². The maximum atomic E-state index is 12.0. The van der Waals surface area contributed by atoms with E-state index in [1.165, 1.54) is 18.2 Å². The molecule has 5 nitrogen and oxygen atoms in total. The Labute approximate surface area is 142 Å². The van der Waals surface area contributed by atoms with Crippen LogP contribution in [0.15, 0.2) is 18.2 Å². The quantitative estimate of drug-likeness (QED) is 0.635. The topological polar surface area (TPSA) is 81.4 Å². The van der Waals surface area contributed by atoms with E-state index >= 15 is 0 Å². The minimum Gasteiger partial charge on any atom is -0.452 e. The number of ether oxygens (including phenoxy) is 1. The molecule has 128 valence electrons. The fraction of sp³-hybridized carbons (Fsp3) is 0.529. The highest BCUT2D eigenvalue weighted by molar-refractivity contribution is 6.33. The van der Waals surface area contributed by atoms with Crippen LogP contribution in [0.2, 0.25) is 5.02 Å². The van der Waals surface area contributed by atoms with Crippen LogP contribution in [0.5, 0.6) is 0 Å². The summed E-state index contributed by atoms with van der Waals surface area (Å²) in [5, 5.41) is 3.24. The van der Waals surface area contributed by atoms with Crippen LogP contribution in [0.3, 0.4) is 0 Å². The lowest BCUT2D eigenvalue weighted by atomic mass is 9.82. The summed E-state index contributed by atoms with van der Waals surface area (Å²) in [4.78, 5) is 23.9. The summed E-state index contributed by atoms with van der Waals surface area (Å²) in [6.45, 7) is 9.86. The van der Waals surface area contributed by atoms with Gasteiger partial charge in [0.2, 0.25) is 0 Å². The lowest BCUT2D eigenvalue weighted by molar-refractivity contribution is -0.126. The molecule has 1 amide bonds. The fourth-order valence-electron chi connectivity index (χ4n) is 2.67. The Kier molecular flexibility index (Phi) is 6.05. The highest BCUT2D eigenvalue weighted by Crippen LogP contribution is 2.26. The molecule has 6 heteroatoms. The third-order valence-electron chi connectivity index (χ3n) is 3.02. The Morgan fingerprint density at radius 2 is 1.83 bits per heavy atom. The number of benzene rings is 1. The number of nitrogens with two attached hydrogens (primary N) is 1. The van der Waals surface area contributed by atoms with E-state index in [-0.39, 0.29) is 34.7 Å². The van der Waals surface area contributed by atoms with Gasteiger partial charge in [0.15, 0.2) is 6.61 Å². The van der Waals surface area contributed by atoms with Crippen LogP contribution in [-0.2, 0) is 9.53 Å². The summed E-state index contributed by atoms with van der Waals surface area (Å²) in [6.07, 6.45) is 0.799. The molecule has 0 saturated heterocycles. The standard InChI is InChI=1S/C17H25ClN2O3/c1-16(2,3)10-17(4,5)20-14(21)9-23-15(22)11-6-7-12(18)13(19)8-11/h6-8H,9-10,19H2,1-5H3,(H,20,21). The largest absolute Gasteiger partial charge is 0.452 e. The first-order valence-corrected chi connectivity index (χ1v) is 7.81. The molecule has 1 aromatic rings. The molecule has 0 fully saturated rings. The molecule has 0 bridgehead atoms. The van der Waals surface area contributed by atoms with E-state index in [0.29, 0.717) is 5.02 Å². The van der Waals surface area contributed by atoms with Gasteiger partial charge in [0.25, 0.3) is 5.91 Å². The van der Waals surface area contributed by atoms with E-state index in [2.05, 4.69) is 26.1 Å². The average Bonchev–Trinajstić information content (AvgIpc) is 2.35. The first-order chi connectivity index (χ1) is 10.4. The van der Waals surface area contributed by atoms with Gasteiger partial charge in [0.1, 0.15) is 0 Å². The number of nitrogen functional groups attached to an aromatic ring is 1. The van der Waals surface area contributed by atoms with Crippen LogP contribution in [0.4, 0.5) is 5.69 Å². The average molecular weight is 341 g/mol. The molecule has 0 unspecified atom stereocenters. The molecular weight excluding hydrogens is 316 g/mol. The third kappa shape index (κ3) is 6.91. The zero-order valence-corrected chi connectivity index (χ0v) is 15.1.